The molecule has 0 spiro atoms. The second-order valence-electron chi connectivity index (χ2n) is 6.95. The zero-order valence-corrected chi connectivity index (χ0v) is 17.5. The van der Waals surface area contributed by atoms with Crippen LogP contribution in [0.4, 0.5) is 5.82 Å². The Morgan fingerprint density at radius 3 is 2.74 bits per heavy atom. The summed E-state index contributed by atoms with van der Waals surface area (Å²) in [6.45, 7) is 3.38. The molecule has 3 N–H and O–H groups in total. The Hall–Kier alpha value is -1.05. The van der Waals surface area contributed by atoms with Crippen LogP contribution in [-0.2, 0) is 4.79 Å². The minimum atomic E-state index is -0.591. The van der Waals surface area contributed by atoms with Crippen LogP contribution < -0.4 is 10.8 Å². The maximum absolute atomic E-state index is 11.0. The number of nitrogens with one attached hydrogen (secondary N) is 2. The van der Waals surface area contributed by atoms with Crippen LogP contribution in [0.3, 0.4) is 0 Å². The number of hydrogen-bond donors (Lipinski definition) is 3. The van der Waals surface area contributed by atoms with Crippen LogP contribution in [0.25, 0.3) is 6.08 Å². The summed E-state index contributed by atoms with van der Waals surface area (Å²) >= 11 is 6.31. The second kappa shape index (κ2) is 11.7. The number of rotatable bonds is 6. The highest BCUT2D eigenvalue weighted by atomic mass is 35.5. The van der Waals surface area contributed by atoms with Crippen molar-refractivity contribution >= 4 is 54.2 Å². The Morgan fingerprint density at radius 1 is 1.33 bits per heavy atom. The minimum Gasteiger partial charge on any atom is -0.365 e. The number of halogens is 3. The molecule has 1 aliphatic carbocycles. The van der Waals surface area contributed by atoms with Crippen LogP contribution in [0, 0.1) is 5.92 Å². The molecule has 1 aromatic heterocycles. The summed E-state index contributed by atoms with van der Waals surface area (Å²) in [5.74, 6) is 0.965. The van der Waals surface area contributed by atoms with Gasteiger partial charge in [-0.05, 0) is 42.9 Å². The summed E-state index contributed by atoms with van der Waals surface area (Å²) in [6.07, 6.45) is 11.1. The summed E-state index contributed by atoms with van der Waals surface area (Å²) in [6, 6.07) is 2.12. The molecule has 3 rings (SSSR count). The van der Waals surface area contributed by atoms with Gasteiger partial charge in [0.05, 0.1) is 5.02 Å². The number of carbonyl (C=O) groups excluding carboxylic acids is 1. The van der Waals surface area contributed by atoms with Gasteiger partial charge < -0.3 is 10.2 Å². The van der Waals surface area contributed by atoms with Gasteiger partial charge in [-0.25, -0.2) is 10.5 Å². The number of hydrogen-bond acceptors (Lipinski definition) is 5. The number of aromatic nitrogens is 1. The third-order valence-corrected chi connectivity index (χ3v) is 5.29. The van der Waals surface area contributed by atoms with Gasteiger partial charge in [0.25, 0.3) is 5.91 Å². The van der Waals surface area contributed by atoms with E-state index < -0.39 is 5.91 Å². The van der Waals surface area contributed by atoms with Gasteiger partial charge >= 0.3 is 0 Å². The number of pyridine rings is 1. The van der Waals surface area contributed by atoms with Crippen LogP contribution in [-0.4, -0.2) is 46.7 Å². The molecule has 1 amide bonds. The highest BCUT2D eigenvalue weighted by Gasteiger charge is 2.26. The second-order valence-corrected chi connectivity index (χ2v) is 7.36. The van der Waals surface area contributed by atoms with E-state index in [4.69, 9.17) is 16.8 Å². The Kier molecular flexibility index (Phi) is 10.4. The summed E-state index contributed by atoms with van der Waals surface area (Å²) in [7, 11) is 0. The van der Waals surface area contributed by atoms with Crippen molar-refractivity contribution < 1.29 is 10.0 Å². The number of anilines is 1. The maximum atomic E-state index is 11.0. The van der Waals surface area contributed by atoms with Gasteiger partial charge in [-0.1, -0.05) is 24.4 Å². The predicted molar refractivity (Wildman–Crippen MR) is 113 cm³/mol. The van der Waals surface area contributed by atoms with E-state index in [1.807, 2.05) is 0 Å². The summed E-state index contributed by atoms with van der Waals surface area (Å²) < 4.78 is 0. The van der Waals surface area contributed by atoms with Crippen molar-refractivity contribution in [2.75, 3.05) is 25.0 Å². The summed E-state index contributed by atoms with van der Waals surface area (Å²) in [5.41, 5.74) is 2.25. The van der Waals surface area contributed by atoms with E-state index >= 15 is 0 Å². The van der Waals surface area contributed by atoms with E-state index in [-0.39, 0.29) is 24.8 Å². The lowest BCUT2D eigenvalue weighted by molar-refractivity contribution is -0.124. The molecule has 6 nitrogen and oxygen atoms in total. The molecule has 0 aromatic carbocycles. The fourth-order valence-corrected chi connectivity index (χ4v) is 3.96. The quantitative estimate of drug-likeness (QED) is 0.359. The van der Waals surface area contributed by atoms with Gasteiger partial charge in [0, 0.05) is 37.9 Å². The molecular formula is C18H27Cl3N4O2. The smallest absolute Gasteiger partial charge is 0.267 e. The lowest BCUT2D eigenvalue weighted by Crippen LogP contribution is -2.30. The fourth-order valence-electron chi connectivity index (χ4n) is 3.73. The van der Waals surface area contributed by atoms with Crippen molar-refractivity contribution in [3.63, 3.8) is 0 Å². The number of amides is 1. The van der Waals surface area contributed by atoms with Gasteiger partial charge in [0.15, 0.2) is 0 Å². The van der Waals surface area contributed by atoms with E-state index in [9.17, 15) is 4.79 Å². The van der Waals surface area contributed by atoms with Gasteiger partial charge in [0.2, 0.25) is 0 Å². The minimum absolute atomic E-state index is 0. The topological polar surface area (TPSA) is 77.5 Å². The molecule has 2 heterocycles. The average Bonchev–Trinajstić information content (AvgIpc) is 3.27. The molecule has 1 saturated heterocycles. The molecule has 0 unspecified atom stereocenters. The highest BCUT2D eigenvalue weighted by molar-refractivity contribution is 6.33. The zero-order valence-electron chi connectivity index (χ0n) is 15.1. The lowest BCUT2D eigenvalue weighted by atomic mass is 10.1. The zero-order chi connectivity index (χ0) is 17.6. The monoisotopic (exact) mass is 436 g/mol. The Labute approximate surface area is 177 Å². The predicted octanol–water partition coefficient (Wildman–Crippen LogP) is 3.77. The SMILES string of the molecule is Cl.Cl.O=C(/C=C/c1cnc(N[C@@H]2CCN(CC3CCCC3)C2)c(Cl)c1)NO. The molecule has 27 heavy (non-hydrogen) atoms. The normalized spacial score (nSPS) is 20.3. The first kappa shape index (κ1) is 24.0. The van der Waals surface area contributed by atoms with Crippen molar-refractivity contribution in [1.82, 2.24) is 15.4 Å². The number of nitrogens with zero attached hydrogens (tertiary/aromatic N) is 2. The molecule has 1 aromatic rings. The van der Waals surface area contributed by atoms with Crippen molar-refractivity contribution in [2.24, 2.45) is 5.92 Å². The van der Waals surface area contributed by atoms with Gasteiger partial charge in [0.1, 0.15) is 5.82 Å². The molecule has 1 saturated carbocycles. The molecule has 2 fully saturated rings. The largest absolute Gasteiger partial charge is 0.365 e. The third kappa shape index (κ3) is 7.12. The first-order valence-corrected chi connectivity index (χ1v) is 9.28. The van der Waals surface area contributed by atoms with E-state index in [0.717, 1.165) is 25.4 Å². The van der Waals surface area contributed by atoms with E-state index in [1.54, 1.807) is 23.8 Å². The van der Waals surface area contributed by atoms with Crippen LogP contribution in [0.5, 0.6) is 0 Å². The lowest BCUT2D eigenvalue weighted by Gasteiger charge is -2.20. The van der Waals surface area contributed by atoms with Crippen molar-refractivity contribution in [3.05, 3.63) is 28.9 Å². The van der Waals surface area contributed by atoms with Crippen molar-refractivity contribution in [1.29, 1.82) is 0 Å². The molecule has 152 valence electrons. The van der Waals surface area contributed by atoms with Gasteiger partial charge in [-0.3, -0.25) is 10.0 Å². The number of hydroxylamine groups is 1. The first-order valence-electron chi connectivity index (χ1n) is 8.90. The van der Waals surface area contributed by atoms with Crippen molar-refractivity contribution in [2.45, 2.75) is 38.1 Å². The van der Waals surface area contributed by atoms with Gasteiger partial charge in [-0.15, -0.1) is 24.8 Å². The Bertz CT molecular complexity index is 639. The Morgan fingerprint density at radius 2 is 2.07 bits per heavy atom. The first-order chi connectivity index (χ1) is 12.1. The van der Waals surface area contributed by atoms with Crippen molar-refractivity contribution in [3.8, 4) is 0 Å². The average molecular weight is 438 g/mol. The van der Waals surface area contributed by atoms with E-state index in [2.05, 4.69) is 15.2 Å². The fraction of sp³-hybridized carbons (Fsp3) is 0.556. The molecule has 1 atom stereocenters. The molecule has 9 heteroatoms. The molecule has 0 radical (unpaired) electrons. The van der Waals surface area contributed by atoms with Crippen LogP contribution in [0.15, 0.2) is 18.3 Å². The van der Waals surface area contributed by atoms with E-state index in [1.165, 1.54) is 38.3 Å². The van der Waals surface area contributed by atoms with Gasteiger partial charge in [-0.2, -0.15) is 0 Å². The number of carbonyl (C=O) groups is 1. The van der Waals surface area contributed by atoms with Crippen LogP contribution in [0.1, 0.15) is 37.7 Å². The van der Waals surface area contributed by atoms with Crippen LogP contribution in [0.2, 0.25) is 5.02 Å². The molecule has 2 aliphatic rings. The molecular weight excluding hydrogens is 411 g/mol. The third-order valence-electron chi connectivity index (χ3n) is 5.00. The highest BCUT2D eigenvalue weighted by Crippen LogP contribution is 2.28. The van der Waals surface area contributed by atoms with Crippen LogP contribution >= 0.6 is 36.4 Å². The maximum Gasteiger partial charge on any atom is 0.267 e. The molecule has 1 aliphatic heterocycles. The van der Waals surface area contributed by atoms with E-state index in [0.29, 0.717) is 22.4 Å². The summed E-state index contributed by atoms with van der Waals surface area (Å²) in [4.78, 5) is 17.9. The number of likely N-dealkylation sites (tertiary alicyclic amines) is 1. The Balaban J connectivity index is 0.00000182. The summed E-state index contributed by atoms with van der Waals surface area (Å²) in [5, 5.41) is 12.4. The molecule has 0 bridgehead atoms. The standard InChI is InChI=1S/C18H25ClN4O2.2ClH/c19-16-9-14(5-6-17(24)22-25)10-20-18(16)21-15-7-8-23(12-15)11-13-3-1-2-4-13;;/h5-6,9-10,13,15,25H,1-4,7-8,11-12H2,(H,20,21)(H,22,24);2*1H/b6-5+;;/t15-;;/m1../s1.